The van der Waals surface area contributed by atoms with Gasteiger partial charge >= 0.3 is 0 Å². The Balaban J connectivity index is 2.74. The average Bonchev–Trinajstić information content (AvgIpc) is 2.30. The van der Waals surface area contributed by atoms with Crippen molar-refractivity contribution >= 4 is 27.1 Å². The first-order valence-corrected chi connectivity index (χ1v) is 7.81. The second-order valence-corrected chi connectivity index (χ2v) is 7.25. The molecule has 1 unspecified atom stereocenters. The summed E-state index contributed by atoms with van der Waals surface area (Å²) in [6.07, 6.45) is 0. The van der Waals surface area contributed by atoms with Gasteiger partial charge in [0.05, 0.1) is 16.6 Å². The van der Waals surface area contributed by atoms with Crippen LogP contribution >= 0.6 is 0 Å². The molecule has 1 aromatic carbocycles. The number of hydrogen-bond donors (Lipinski definition) is 2. The molecule has 19 heavy (non-hydrogen) atoms. The van der Waals surface area contributed by atoms with Crippen molar-refractivity contribution in [2.24, 2.45) is 5.92 Å². The molecule has 1 amide bonds. The third-order valence-electron chi connectivity index (χ3n) is 3.07. The first kappa shape index (κ1) is 15.5. The van der Waals surface area contributed by atoms with Gasteiger partial charge < -0.3 is 11.1 Å². The largest absolute Gasteiger partial charge is 0.397 e. The van der Waals surface area contributed by atoms with Gasteiger partial charge in [-0.05, 0) is 25.0 Å². The van der Waals surface area contributed by atoms with Gasteiger partial charge in [-0.2, -0.15) is 0 Å². The number of hydrogen-bond acceptors (Lipinski definition) is 4. The van der Waals surface area contributed by atoms with Crippen molar-refractivity contribution in [3.05, 3.63) is 24.3 Å². The Labute approximate surface area is 114 Å². The van der Waals surface area contributed by atoms with Crippen molar-refractivity contribution in [3.63, 3.8) is 0 Å². The van der Waals surface area contributed by atoms with Crippen LogP contribution in [0.25, 0.3) is 0 Å². The quantitative estimate of drug-likeness (QED) is 0.805. The van der Waals surface area contributed by atoms with E-state index < -0.39 is 26.7 Å². The summed E-state index contributed by atoms with van der Waals surface area (Å²) in [5, 5.41) is 1.97. The number of nitrogens with one attached hydrogen (secondary N) is 1. The van der Waals surface area contributed by atoms with E-state index in [1.165, 1.54) is 0 Å². The molecule has 0 aliphatic heterocycles. The predicted octanol–water partition coefficient (Wildman–Crippen LogP) is 1.67. The molecule has 0 aliphatic rings. The van der Waals surface area contributed by atoms with Crippen molar-refractivity contribution in [1.82, 2.24) is 0 Å². The molecule has 106 valence electrons. The predicted molar refractivity (Wildman–Crippen MR) is 77.6 cm³/mol. The van der Waals surface area contributed by atoms with Crippen LogP contribution in [0.4, 0.5) is 11.4 Å². The highest BCUT2D eigenvalue weighted by Crippen LogP contribution is 2.17. The van der Waals surface area contributed by atoms with Gasteiger partial charge in [0.1, 0.15) is 5.75 Å². The fourth-order valence-electron chi connectivity index (χ4n) is 1.53. The molecule has 0 saturated heterocycles. The van der Waals surface area contributed by atoms with Gasteiger partial charge in [-0.15, -0.1) is 0 Å². The SMILES string of the molecule is CC(C)C(C)S(=O)(=O)CC(=O)Nc1ccccc1N. The van der Waals surface area contributed by atoms with E-state index in [1.54, 1.807) is 31.2 Å². The van der Waals surface area contributed by atoms with Crippen molar-refractivity contribution < 1.29 is 13.2 Å². The molecule has 0 saturated carbocycles. The van der Waals surface area contributed by atoms with Crippen LogP contribution in [0.1, 0.15) is 20.8 Å². The number of nitrogen functional groups attached to an aromatic ring is 1. The van der Waals surface area contributed by atoms with E-state index in [0.29, 0.717) is 11.4 Å². The normalized spacial score (nSPS) is 13.3. The van der Waals surface area contributed by atoms with Gasteiger partial charge in [-0.3, -0.25) is 4.79 Å². The highest BCUT2D eigenvalue weighted by atomic mass is 32.2. The van der Waals surface area contributed by atoms with E-state index in [4.69, 9.17) is 5.73 Å². The van der Waals surface area contributed by atoms with E-state index in [0.717, 1.165) is 0 Å². The maximum Gasteiger partial charge on any atom is 0.239 e. The lowest BCUT2D eigenvalue weighted by Gasteiger charge is -2.16. The zero-order valence-corrected chi connectivity index (χ0v) is 12.2. The number of carbonyl (C=O) groups excluding carboxylic acids is 1. The molecule has 6 heteroatoms. The molecule has 0 aromatic heterocycles. The Hall–Kier alpha value is -1.56. The molecular weight excluding hydrogens is 264 g/mol. The molecule has 0 heterocycles. The Morgan fingerprint density at radius 2 is 1.84 bits per heavy atom. The van der Waals surface area contributed by atoms with Gasteiger partial charge in [0.2, 0.25) is 5.91 Å². The number of nitrogens with two attached hydrogens (primary N) is 1. The fraction of sp³-hybridized carbons (Fsp3) is 0.462. The summed E-state index contributed by atoms with van der Waals surface area (Å²) in [6.45, 7) is 5.24. The van der Waals surface area contributed by atoms with Crippen LogP contribution in [0, 0.1) is 5.92 Å². The highest BCUT2D eigenvalue weighted by Gasteiger charge is 2.26. The molecular formula is C13H20N2O3S. The fourth-order valence-corrected chi connectivity index (χ4v) is 3.06. The second kappa shape index (κ2) is 6.06. The number of para-hydroxylation sites is 2. The summed E-state index contributed by atoms with van der Waals surface area (Å²) >= 11 is 0. The Kier molecular flexibility index (Phi) is 4.94. The number of amides is 1. The lowest BCUT2D eigenvalue weighted by Crippen LogP contribution is -2.32. The molecule has 0 bridgehead atoms. The van der Waals surface area contributed by atoms with E-state index in [2.05, 4.69) is 5.32 Å². The zero-order valence-electron chi connectivity index (χ0n) is 11.4. The molecule has 0 spiro atoms. The molecule has 0 radical (unpaired) electrons. The molecule has 1 rings (SSSR count). The van der Waals surface area contributed by atoms with Gasteiger partial charge in [-0.1, -0.05) is 26.0 Å². The summed E-state index contributed by atoms with van der Waals surface area (Å²) in [5.74, 6) is -1.12. The lowest BCUT2D eigenvalue weighted by atomic mass is 10.2. The van der Waals surface area contributed by atoms with E-state index in [9.17, 15) is 13.2 Å². The number of anilines is 2. The van der Waals surface area contributed by atoms with Gasteiger partial charge in [0.15, 0.2) is 9.84 Å². The Bertz CT molecular complexity index is 553. The van der Waals surface area contributed by atoms with Gasteiger partial charge in [-0.25, -0.2) is 8.42 Å². The van der Waals surface area contributed by atoms with E-state index in [1.807, 2.05) is 13.8 Å². The summed E-state index contributed by atoms with van der Waals surface area (Å²) < 4.78 is 23.9. The van der Waals surface area contributed by atoms with Gasteiger partial charge in [0.25, 0.3) is 0 Å². The maximum atomic E-state index is 12.0. The Morgan fingerprint density at radius 3 is 2.37 bits per heavy atom. The third kappa shape index (κ3) is 4.24. The third-order valence-corrected chi connectivity index (χ3v) is 5.41. The molecule has 5 nitrogen and oxygen atoms in total. The average molecular weight is 284 g/mol. The summed E-state index contributed by atoms with van der Waals surface area (Å²) in [5.41, 5.74) is 6.51. The van der Waals surface area contributed by atoms with Crippen LogP contribution in [0.3, 0.4) is 0 Å². The monoisotopic (exact) mass is 284 g/mol. The van der Waals surface area contributed by atoms with Crippen LogP contribution in [0.5, 0.6) is 0 Å². The summed E-state index contributed by atoms with van der Waals surface area (Å²) in [6, 6.07) is 6.73. The summed E-state index contributed by atoms with van der Waals surface area (Å²) in [4.78, 5) is 11.8. The van der Waals surface area contributed by atoms with Crippen LogP contribution in [-0.2, 0) is 14.6 Å². The lowest BCUT2D eigenvalue weighted by molar-refractivity contribution is -0.113. The standard InChI is InChI=1S/C13H20N2O3S/c1-9(2)10(3)19(17,18)8-13(16)15-12-7-5-4-6-11(12)14/h4-7,9-10H,8,14H2,1-3H3,(H,15,16). The molecule has 0 aliphatic carbocycles. The molecule has 1 aromatic rings. The second-order valence-electron chi connectivity index (χ2n) is 4.89. The van der Waals surface area contributed by atoms with E-state index >= 15 is 0 Å². The number of benzene rings is 1. The van der Waals surface area contributed by atoms with Crippen LogP contribution in [0.2, 0.25) is 0 Å². The minimum absolute atomic E-state index is 0.0282. The van der Waals surface area contributed by atoms with Gasteiger partial charge in [0, 0.05) is 0 Å². The Morgan fingerprint density at radius 1 is 1.26 bits per heavy atom. The number of carbonyl (C=O) groups is 1. The maximum absolute atomic E-state index is 12.0. The minimum Gasteiger partial charge on any atom is -0.397 e. The highest BCUT2D eigenvalue weighted by molar-refractivity contribution is 7.92. The van der Waals surface area contributed by atoms with Crippen molar-refractivity contribution in [1.29, 1.82) is 0 Å². The minimum atomic E-state index is -3.44. The molecule has 1 atom stereocenters. The van der Waals surface area contributed by atoms with Crippen molar-refractivity contribution in [2.75, 3.05) is 16.8 Å². The van der Waals surface area contributed by atoms with Crippen molar-refractivity contribution in [2.45, 2.75) is 26.0 Å². The number of sulfone groups is 1. The van der Waals surface area contributed by atoms with Crippen LogP contribution in [-0.4, -0.2) is 25.3 Å². The van der Waals surface area contributed by atoms with Crippen molar-refractivity contribution in [3.8, 4) is 0 Å². The molecule has 0 fully saturated rings. The van der Waals surface area contributed by atoms with Crippen LogP contribution < -0.4 is 11.1 Å². The topological polar surface area (TPSA) is 89.3 Å². The first-order chi connectivity index (χ1) is 8.74. The first-order valence-electron chi connectivity index (χ1n) is 6.10. The van der Waals surface area contributed by atoms with Crippen LogP contribution in [0.15, 0.2) is 24.3 Å². The van der Waals surface area contributed by atoms with E-state index in [-0.39, 0.29) is 5.92 Å². The summed E-state index contributed by atoms with van der Waals surface area (Å²) in [7, 11) is -3.44. The molecule has 3 N–H and O–H groups in total. The smallest absolute Gasteiger partial charge is 0.239 e. The number of rotatable bonds is 5. The zero-order chi connectivity index (χ0) is 14.6.